The van der Waals surface area contributed by atoms with Crippen LogP contribution >= 0.6 is 50.5 Å². The Labute approximate surface area is 207 Å². The molecule has 0 radical (unpaired) electrons. The molecule has 0 saturated carbocycles. The second-order valence-electron chi connectivity index (χ2n) is 6.96. The summed E-state index contributed by atoms with van der Waals surface area (Å²) in [7, 11) is 0. The molecule has 0 unspecified atom stereocenters. The van der Waals surface area contributed by atoms with Crippen molar-refractivity contribution < 1.29 is 9.59 Å². The molecule has 0 aliphatic rings. The fourth-order valence-electron chi connectivity index (χ4n) is 3.34. The minimum atomic E-state index is -0.293. The first-order valence-electron chi connectivity index (χ1n) is 9.53. The van der Waals surface area contributed by atoms with E-state index in [9.17, 15) is 9.59 Å². The molecule has 0 heterocycles. The van der Waals surface area contributed by atoms with Crippen molar-refractivity contribution in [2.24, 2.45) is 0 Å². The molecule has 0 bridgehead atoms. The highest BCUT2D eigenvalue weighted by Crippen LogP contribution is 2.31. The van der Waals surface area contributed by atoms with E-state index in [0.717, 1.165) is 10.8 Å². The van der Waals surface area contributed by atoms with Crippen LogP contribution < -0.4 is 10.6 Å². The zero-order valence-electron chi connectivity index (χ0n) is 16.5. The first kappa shape index (κ1) is 22.7. The van der Waals surface area contributed by atoms with Crippen LogP contribution in [0.3, 0.4) is 0 Å². The first-order valence-corrected chi connectivity index (χ1v) is 11.3. The Hall–Kier alpha value is -2.52. The zero-order valence-corrected chi connectivity index (χ0v) is 20.1. The number of benzene rings is 4. The molecule has 4 aromatic rings. The molecule has 0 atom stereocenters. The number of thiol groups is 4. The van der Waals surface area contributed by atoms with E-state index < -0.39 is 0 Å². The van der Waals surface area contributed by atoms with Crippen LogP contribution in [0, 0.1) is 0 Å². The summed E-state index contributed by atoms with van der Waals surface area (Å²) in [6.07, 6.45) is 0. The third-order valence-corrected chi connectivity index (χ3v) is 7.00. The van der Waals surface area contributed by atoms with E-state index in [-0.39, 0.29) is 11.8 Å². The van der Waals surface area contributed by atoms with Crippen LogP contribution in [-0.4, -0.2) is 11.8 Å². The van der Waals surface area contributed by atoms with Gasteiger partial charge in [0.1, 0.15) is 0 Å². The molecule has 0 aliphatic carbocycles. The molecule has 4 aromatic carbocycles. The van der Waals surface area contributed by atoms with Gasteiger partial charge in [-0.15, -0.1) is 50.5 Å². The van der Waals surface area contributed by atoms with Crippen LogP contribution in [0.2, 0.25) is 0 Å². The lowest BCUT2D eigenvalue weighted by atomic mass is 10.1. The SMILES string of the molecule is O=C(Nc1cccc2c(NC(=O)c3cccc(S)c3S)cccc12)c1cccc(S)c1S. The quantitative estimate of drug-likeness (QED) is 0.184. The van der Waals surface area contributed by atoms with Gasteiger partial charge in [-0.05, 0) is 36.4 Å². The van der Waals surface area contributed by atoms with Crippen molar-refractivity contribution in [1.29, 1.82) is 0 Å². The number of carbonyl (C=O) groups is 2. The third-order valence-electron chi connectivity index (χ3n) is 4.94. The number of amides is 2. The van der Waals surface area contributed by atoms with Gasteiger partial charge in [-0.25, -0.2) is 0 Å². The molecule has 0 saturated heterocycles. The van der Waals surface area contributed by atoms with Gasteiger partial charge in [0.2, 0.25) is 0 Å². The van der Waals surface area contributed by atoms with Crippen molar-refractivity contribution in [2.45, 2.75) is 19.6 Å². The molecule has 4 rings (SSSR count). The lowest BCUT2D eigenvalue weighted by Crippen LogP contribution is -2.14. The Morgan fingerprint density at radius 1 is 0.531 bits per heavy atom. The molecule has 32 heavy (non-hydrogen) atoms. The van der Waals surface area contributed by atoms with Gasteiger partial charge < -0.3 is 10.6 Å². The fourth-order valence-corrected chi connectivity index (χ4v) is 4.25. The van der Waals surface area contributed by atoms with E-state index in [1.54, 1.807) is 36.4 Å². The molecule has 0 fully saturated rings. The summed E-state index contributed by atoms with van der Waals surface area (Å²) in [5.74, 6) is -0.587. The highest BCUT2D eigenvalue weighted by Gasteiger charge is 2.16. The number of carbonyl (C=O) groups excluding carboxylic acids is 2. The molecule has 160 valence electrons. The number of fused-ring (bicyclic) bond motifs is 1. The number of hydrogen-bond acceptors (Lipinski definition) is 6. The molecule has 4 nitrogen and oxygen atoms in total. The van der Waals surface area contributed by atoms with Crippen molar-refractivity contribution in [2.75, 3.05) is 10.6 Å². The Morgan fingerprint density at radius 3 is 1.31 bits per heavy atom. The molecule has 0 spiro atoms. The van der Waals surface area contributed by atoms with Gasteiger partial charge in [-0.3, -0.25) is 9.59 Å². The molecule has 2 N–H and O–H groups in total. The number of nitrogens with one attached hydrogen (secondary N) is 2. The van der Waals surface area contributed by atoms with Gasteiger partial charge in [0.25, 0.3) is 11.8 Å². The van der Waals surface area contributed by atoms with E-state index in [0.29, 0.717) is 42.1 Å². The topological polar surface area (TPSA) is 58.2 Å². The maximum atomic E-state index is 12.9. The molecular weight excluding hydrogens is 477 g/mol. The summed E-state index contributed by atoms with van der Waals surface area (Å²) in [5, 5.41) is 7.46. The van der Waals surface area contributed by atoms with Gasteiger partial charge in [-0.2, -0.15) is 0 Å². The van der Waals surface area contributed by atoms with Crippen LogP contribution in [0.25, 0.3) is 10.8 Å². The summed E-state index contributed by atoms with van der Waals surface area (Å²) < 4.78 is 0. The van der Waals surface area contributed by atoms with E-state index in [1.807, 2.05) is 36.4 Å². The Bertz CT molecular complexity index is 1270. The van der Waals surface area contributed by atoms with Crippen LogP contribution in [0.1, 0.15) is 20.7 Å². The van der Waals surface area contributed by atoms with E-state index in [1.165, 1.54) is 0 Å². The Balaban J connectivity index is 1.67. The Morgan fingerprint density at radius 2 is 0.906 bits per heavy atom. The highest BCUT2D eigenvalue weighted by atomic mass is 32.1. The summed E-state index contributed by atoms with van der Waals surface area (Å²) in [6, 6.07) is 21.5. The minimum absolute atomic E-state index is 0.293. The maximum absolute atomic E-state index is 12.9. The standard InChI is InChI=1S/C24H18N2O2S4/c27-23(15-7-3-11-19(29)21(15)31)25-17-9-1-5-13-14(17)6-2-10-18(13)26-24(28)16-8-4-12-20(30)22(16)32/h1-12,29-32H,(H,25,27)(H,26,28). The average Bonchev–Trinajstić information content (AvgIpc) is 2.78. The van der Waals surface area contributed by atoms with Crippen LogP contribution in [0.15, 0.2) is 92.4 Å². The van der Waals surface area contributed by atoms with Crippen LogP contribution in [0.4, 0.5) is 11.4 Å². The minimum Gasteiger partial charge on any atom is -0.321 e. The molecular formula is C24H18N2O2S4. The largest absolute Gasteiger partial charge is 0.321 e. The fraction of sp³-hybridized carbons (Fsp3) is 0. The van der Waals surface area contributed by atoms with Gasteiger partial charge in [-0.1, -0.05) is 36.4 Å². The number of anilines is 2. The van der Waals surface area contributed by atoms with Crippen LogP contribution in [-0.2, 0) is 0 Å². The average molecular weight is 495 g/mol. The predicted molar refractivity (Wildman–Crippen MR) is 142 cm³/mol. The lowest BCUT2D eigenvalue weighted by molar-refractivity contribution is 0.101. The highest BCUT2D eigenvalue weighted by molar-refractivity contribution is 7.84. The van der Waals surface area contributed by atoms with Crippen molar-refractivity contribution in [1.82, 2.24) is 0 Å². The molecule has 0 aliphatic heterocycles. The number of hydrogen-bond donors (Lipinski definition) is 6. The monoisotopic (exact) mass is 494 g/mol. The summed E-state index contributed by atoms with van der Waals surface area (Å²) in [4.78, 5) is 28.0. The van der Waals surface area contributed by atoms with E-state index in [2.05, 4.69) is 61.1 Å². The van der Waals surface area contributed by atoms with E-state index >= 15 is 0 Å². The summed E-state index contributed by atoms with van der Waals surface area (Å²) in [5.41, 5.74) is 2.09. The second-order valence-corrected chi connectivity index (χ2v) is 8.82. The van der Waals surface area contributed by atoms with Crippen molar-refractivity contribution in [3.8, 4) is 0 Å². The van der Waals surface area contributed by atoms with Gasteiger partial charge in [0.15, 0.2) is 0 Å². The molecule has 0 aromatic heterocycles. The van der Waals surface area contributed by atoms with Crippen molar-refractivity contribution in [3.05, 3.63) is 83.9 Å². The zero-order chi connectivity index (χ0) is 22.8. The molecule has 8 heteroatoms. The van der Waals surface area contributed by atoms with Gasteiger partial charge in [0, 0.05) is 41.7 Å². The predicted octanol–water partition coefficient (Wildman–Crippen LogP) is 6.50. The van der Waals surface area contributed by atoms with Crippen LogP contribution in [0.5, 0.6) is 0 Å². The molecule has 2 amide bonds. The number of rotatable bonds is 4. The van der Waals surface area contributed by atoms with Crippen molar-refractivity contribution >= 4 is 84.5 Å². The van der Waals surface area contributed by atoms with Gasteiger partial charge in [0.05, 0.1) is 11.1 Å². The van der Waals surface area contributed by atoms with E-state index in [4.69, 9.17) is 0 Å². The lowest BCUT2D eigenvalue weighted by Gasteiger charge is -2.14. The second kappa shape index (κ2) is 9.54. The summed E-state index contributed by atoms with van der Waals surface area (Å²) in [6.45, 7) is 0. The summed E-state index contributed by atoms with van der Waals surface area (Å²) >= 11 is 17.5. The third kappa shape index (κ3) is 4.49. The van der Waals surface area contributed by atoms with Gasteiger partial charge >= 0.3 is 0 Å². The maximum Gasteiger partial charge on any atom is 0.256 e. The Kier molecular flexibility index (Phi) is 6.76. The smallest absolute Gasteiger partial charge is 0.256 e. The first-order chi connectivity index (χ1) is 15.4. The van der Waals surface area contributed by atoms with Crippen molar-refractivity contribution in [3.63, 3.8) is 0 Å². The normalized spacial score (nSPS) is 10.8.